The number of hydrogen-bond acceptors (Lipinski definition) is 5. The maximum Gasteiger partial charge on any atom is 0.273 e. The number of hydrogen-bond donors (Lipinski definition) is 0. The molecule has 0 radical (unpaired) electrons. The van der Waals surface area contributed by atoms with Crippen LogP contribution in [0.4, 0.5) is 5.69 Å². The Hall–Kier alpha value is -1.92. The van der Waals surface area contributed by atoms with Crippen molar-refractivity contribution in [2.45, 2.75) is 32.8 Å². The standard InChI is InChI=1S/C20H25N3O2S/c1-14-5-3-6-17(15(14)2)22-8-10-23(11-9-22)20(24)16-13-26-19(21-16)18-7-4-12-25-18/h3,5-6,13,18H,4,7-12H2,1-2H3/t18-/m0/s1. The van der Waals surface area contributed by atoms with Gasteiger partial charge in [-0.3, -0.25) is 4.79 Å². The quantitative estimate of drug-likeness (QED) is 0.827. The summed E-state index contributed by atoms with van der Waals surface area (Å²) < 4.78 is 5.68. The van der Waals surface area contributed by atoms with E-state index in [1.165, 1.54) is 16.8 Å². The molecule has 0 aliphatic carbocycles. The van der Waals surface area contributed by atoms with Crippen LogP contribution in [0.15, 0.2) is 23.6 Å². The van der Waals surface area contributed by atoms with Gasteiger partial charge in [0.1, 0.15) is 16.8 Å². The van der Waals surface area contributed by atoms with Crippen LogP contribution in [-0.4, -0.2) is 48.6 Å². The van der Waals surface area contributed by atoms with Crippen molar-refractivity contribution in [3.05, 3.63) is 45.4 Å². The fraction of sp³-hybridized carbons (Fsp3) is 0.500. The van der Waals surface area contributed by atoms with Crippen LogP contribution < -0.4 is 4.90 Å². The van der Waals surface area contributed by atoms with Gasteiger partial charge in [0, 0.05) is 43.9 Å². The van der Waals surface area contributed by atoms with Gasteiger partial charge in [-0.25, -0.2) is 4.98 Å². The highest BCUT2D eigenvalue weighted by Crippen LogP contribution is 2.31. The van der Waals surface area contributed by atoms with E-state index < -0.39 is 0 Å². The third-order valence-corrected chi connectivity index (χ3v) is 6.37. The van der Waals surface area contributed by atoms with Crippen molar-refractivity contribution in [2.75, 3.05) is 37.7 Å². The molecule has 0 saturated carbocycles. The smallest absolute Gasteiger partial charge is 0.273 e. The molecule has 6 heteroatoms. The monoisotopic (exact) mass is 371 g/mol. The molecule has 1 atom stereocenters. The van der Waals surface area contributed by atoms with Gasteiger partial charge in [0.15, 0.2) is 0 Å². The minimum Gasteiger partial charge on any atom is -0.371 e. The van der Waals surface area contributed by atoms with Crippen LogP contribution in [0.3, 0.4) is 0 Å². The SMILES string of the molecule is Cc1cccc(N2CCN(C(=O)c3csc([C@@H]4CCCO4)n3)CC2)c1C. The highest BCUT2D eigenvalue weighted by Gasteiger charge is 2.27. The van der Waals surface area contributed by atoms with Crippen LogP contribution in [0.1, 0.15) is 45.6 Å². The van der Waals surface area contributed by atoms with Crippen molar-refractivity contribution in [2.24, 2.45) is 0 Å². The number of carbonyl (C=O) groups is 1. The number of aryl methyl sites for hydroxylation is 1. The highest BCUT2D eigenvalue weighted by molar-refractivity contribution is 7.09. The topological polar surface area (TPSA) is 45.7 Å². The van der Waals surface area contributed by atoms with E-state index in [0.717, 1.165) is 50.6 Å². The Bertz CT molecular complexity index is 790. The van der Waals surface area contributed by atoms with E-state index in [-0.39, 0.29) is 12.0 Å². The molecule has 0 unspecified atom stereocenters. The number of thiazole rings is 1. The van der Waals surface area contributed by atoms with Gasteiger partial charge in [-0.15, -0.1) is 11.3 Å². The number of aromatic nitrogens is 1. The minimum absolute atomic E-state index is 0.0473. The van der Waals surface area contributed by atoms with Gasteiger partial charge in [-0.2, -0.15) is 0 Å². The molecule has 1 aromatic carbocycles. The summed E-state index contributed by atoms with van der Waals surface area (Å²) in [7, 11) is 0. The Morgan fingerprint density at radius 3 is 2.77 bits per heavy atom. The minimum atomic E-state index is 0.0473. The largest absolute Gasteiger partial charge is 0.371 e. The lowest BCUT2D eigenvalue weighted by molar-refractivity contribution is 0.0740. The molecule has 1 aromatic heterocycles. The summed E-state index contributed by atoms with van der Waals surface area (Å²) in [6, 6.07) is 6.43. The molecule has 2 saturated heterocycles. The first-order chi connectivity index (χ1) is 12.6. The van der Waals surface area contributed by atoms with Crippen molar-refractivity contribution in [3.63, 3.8) is 0 Å². The van der Waals surface area contributed by atoms with Crippen molar-refractivity contribution < 1.29 is 9.53 Å². The summed E-state index contributed by atoms with van der Waals surface area (Å²) in [6.45, 7) is 8.31. The molecule has 2 fully saturated rings. The molecule has 1 amide bonds. The number of rotatable bonds is 3. The van der Waals surface area contributed by atoms with Gasteiger partial charge in [-0.05, 0) is 43.9 Å². The molecule has 5 nitrogen and oxygen atoms in total. The average molecular weight is 372 g/mol. The second-order valence-electron chi connectivity index (χ2n) is 7.07. The van der Waals surface area contributed by atoms with Crippen molar-refractivity contribution >= 4 is 22.9 Å². The Balaban J connectivity index is 1.40. The molecule has 4 rings (SSSR count). The number of nitrogens with zero attached hydrogens (tertiary/aromatic N) is 3. The van der Waals surface area contributed by atoms with Gasteiger partial charge in [-0.1, -0.05) is 12.1 Å². The number of piperazine rings is 1. The lowest BCUT2D eigenvalue weighted by Crippen LogP contribution is -2.49. The van der Waals surface area contributed by atoms with Crippen LogP contribution in [0.25, 0.3) is 0 Å². The van der Waals surface area contributed by atoms with Gasteiger partial charge in [0.05, 0.1) is 0 Å². The lowest BCUT2D eigenvalue weighted by Gasteiger charge is -2.36. The Morgan fingerprint density at radius 2 is 2.04 bits per heavy atom. The molecule has 26 heavy (non-hydrogen) atoms. The van der Waals surface area contributed by atoms with Gasteiger partial charge in [0.25, 0.3) is 5.91 Å². The first-order valence-corrected chi connectivity index (χ1v) is 10.2. The number of carbonyl (C=O) groups excluding carboxylic acids is 1. The molecule has 138 valence electrons. The maximum absolute atomic E-state index is 12.8. The normalized spacial score (nSPS) is 20.6. The lowest BCUT2D eigenvalue weighted by atomic mass is 10.1. The van der Waals surface area contributed by atoms with Crippen molar-refractivity contribution in [1.82, 2.24) is 9.88 Å². The summed E-state index contributed by atoms with van der Waals surface area (Å²) in [4.78, 5) is 21.7. The Kier molecular flexibility index (Phi) is 4.96. The summed E-state index contributed by atoms with van der Waals surface area (Å²) in [5, 5.41) is 2.83. The van der Waals surface area contributed by atoms with Crippen LogP contribution >= 0.6 is 11.3 Å². The summed E-state index contributed by atoms with van der Waals surface area (Å²) in [5.74, 6) is 0.0473. The molecule has 0 N–H and O–H groups in total. The number of benzene rings is 1. The second kappa shape index (κ2) is 7.37. The number of amides is 1. The summed E-state index contributed by atoms with van der Waals surface area (Å²) in [5.41, 5.74) is 4.49. The molecular weight excluding hydrogens is 346 g/mol. The predicted molar refractivity (Wildman–Crippen MR) is 104 cm³/mol. The molecule has 0 bridgehead atoms. The first kappa shape index (κ1) is 17.5. The number of anilines is 1. The first-order valence-electron chi connectivity index (χ1n) is 9.31. The average Bonchev–Trinajstić information content (AvgIpc) is 3.35. The van der Waals surface area contributed by atoms with Crippen molar-refractivity contribution in [3.8, 4) is 0 Å². The zero-order valence-corrected chi connectivity index (χ0v) is 16.2. The predicted octanol–water partition coefficient (Wildman–Crippen LogP) is 3.57. The van der Waals surface area contributed by atoms with Gasteiger partial charge < -0.3 is 14.5 Å². The third-order valence-electron chi connectivity index (χ3n) is 5.43. The van der Waals surface area contributed by atoms with E-state index >= 15 is 0 Å². The van der Waals surface area contributed by atoms with Crippen LogP contribution in [0.2, 0.25) is 0 Å². The molecule has 2 aliphatic heterocycles. The van der Waals surface area contributed by atoms with E-state index in [2.05, 4.69) is 41.9 Å². The Labute approximate surface area is 158 Å². The fourth-order valence-corrected chi connectivity index (χ4v) is 4.57. The molecule has 2 aliphatic rings. The van der Waals surface area contributed by atoms with E-state index in [4.69, 9.17) is 4.74 Å². The van der Waals surface area contributed by atoms with Crippen LogP contribution in [-0.2, 0) is 4.74 Å². The maximum atomic E-state index is 12.8. The summed E-state index contributed by atoms with van der Waals surface area (Å²) >= 11 is 1.55. The third kappa shape index (κ3) is 3.35. The van der Waals surface area contributed by atoms with Crippen molar-refractivity contribution in [1.29, 1.82) is 0 Å². The fourth-order valence-electron chi connectivity index (χ4n) is 3.70. The van der Waals surface area contributed by atoms with Crippen LogP contribution in [0, 0.1) is 13.8 Å². The van der Waals surface area contributed by atoms with E-state index in [1.54, 1.807) is 11.3 Å². The number of ether oxygens (including phenoxy) is 1. The molecule has 3 heterocycles. The zero-order valence-electron chi connectivity index (χ0n) is 15.4. The zero-order chi connectivity index (χ0) is 18.1. The van der Waals surface area contributed by atoms with E-state index in [9.17, 15) is 4.79 Å². The summed E-state index contributed by atoms with van der Waals surface area (Å²) in [6.07, 6.45) is 2.17. The van der Waals surface area contributed by atoms with Crippen LogP contribution in [0.5, 0.6) is 0 Å². The molecular formula is C20H25N3O2S. The highest BCUT2D eigenvalue weighted by atomic mass is 32.1. The molecule has 0 spiro atoms. The Morgan fingerprint density at radius 1 is 1.23 bits per heavy atom. The van der Waals surface area contributed by atoms with Gasteiger partial charge >= 0.3 is 0 Å². The van der Waals surface area contributed by atoms with E-state index in [1.807, 2.05) is 10.3 Å². The molecule has 2 aromatic rings. The second-order valence-corrected chi connectivity index (χ2v) is 7.96. The van der Waals surface area contributed by atoms with E-state index in [0.29, 0.717) is 5.69 Å². The van der Waals surface area contributed by atoms with Gasteiger partial charge in [0.2, 0.25) is 0 Å².